The number of anilines is 1. The van der Waals surface area contributed by atoms with Crippen molar-refractivity contribution in [3.8, 4) is 0 Å². The zero-order chi connectivity index (χ0) is 20.4. The van der Waals surface area contributed by atoms with Crippen molar-refractivity contribution in [2.75, 3.05) is 31.1 Å². The van der Waals surface area contributed by atoms with Crippen LogP contribution < -0.4 is 4.90 Å². The Morgan fingerprint density at radius 2 is 1.97 bits per heavy atom. The summed E-state index contributed by atoms with van der Waals surface area (Å²) >= 11 is 0. The average Bonchev–Trinajstić information content (AvgIpc) is 3.27. The van der Waals surface area contributed by atoms with Crippen LogP contribution in [0.15, 0.2) is 42.7 Å². The lowest BCUT2D eigenvalue weighted by molar-refractivity contribution is -0.130. The first-order valence-electron chi connectivity index (χ1n) is 10.1. The van der Waals surface area contributed by atoms with E-state index in [0.717, 1.165) is 39.0 Å². The van der Waals surface area contributed by atoms with Crippen LogP contribution in [0.1, 0.15) is 35.8 Å². The molecule has 0 radical (unpaired) electrons. The molecular formula is C22H26N4O3. The second kappa shape index (κ2) is 7.81. The van der Waals surface area contributed by atoms with Gasteiger partial charge in [-0.3, -0.25) is 9.78 Å². The zero-order valence-corrected chi connectivity index (χ0v) is 16.6. The maximum absolute atomic E-state index is 12.4. The van der Waals surface area contributed by atoms with Crippen molar-refractivity contribution < 1.29 is 14.7 Å². The number of carboxylic acid groups (broad SMARTS) is 1. The Balaban J connectivity index is 1.57. The highest BCUT2D eigenvalue weighted by atomic mass is 16.4. The molecule has 1 aromatic heterocycles. The third-order valence-electron chi connectivity index (χ3n) is 6.33. The van der Waals surface area contributed by atoms with Crippen LogP contribution in [-0.2, 0) is 11.2 Å². The molecule has 2 saturated heterocycles. The molecule has 29 heavy (non-hydrogen) atoms. The summed E-state index contributed by atoms with van der Waals surface area (Å²) in [5.74, 6) is 0.0821. The maximum Gasteiger partial charge on any atom is 0.356 e. The van der Waals surface area contributed by atoms with Crippen molar-refractivity contribution in [3.63, 3.8) is 0 Å². The lowest BCUT2D eigenvalue weighted by atomic mass is 9.76. The molecule has 4 rings (SSSR count). The van der Waals surface area contributed by atoms with Gasteiger partial charge in [0.05, 0.1) is 12.4 Å². The first kappa shape index (κ1) is 19.4. The van der Waals surface area contributed by atoms with Gasteiger partial charge >= 0.3 is 5.97 Å². The normalized spacial score (nSPS) is 23.3. The fourth-order valence-electron chi connectivity index (χ4n) is 4.77. The Labute approximate surface area is 170 Å². The minimum absolute atomic E-state index is 0.0123. The fraction of sp³-hybridized carbons (Fsp3) is 0.455. The summed E-state index contributed by atoms with van der Waals surface area (Å²) < 4.78 is 0. The Hall–Kier alpha value is -2.96. The Morgan fingerprint density at radius 1 is 1.17 bits per heavy atom. The number of carbonyl (C=O) groups is 2. The number of hydrogen-bond donors (Lipinski definition) is 1. The molecule has 3 heterocycles. The van der Waals surface area contributed by atoms with Gasteiger partial charge in [-0.2, -0.15) is 0 Å². The van der Waals surface area contributed by atoms with E-state index in [4.69, 9.17) is 0 Å². The summed E-state index contributed by atoms with van der Waals surface area (Å²) in [5.41, 5.74) is 1.24. The zero-order valence-electron chi connectivity index (χ0n) is 16.6. The van der Waals surface area contributed by atoms with Crippen molar-refractivity contribution in [3.05, 3.63) is 54.0 Å². The van der Waals surface area contributed by atoms with E-state index in [-0.39, 0.29) is 17.0 Å². The predicted octanol–water partition coefficient (Wildman–Crippen LogP) is 2.48. The highest BCUT2D eigenvalue weighted by Crippen LogP contribution is 2.46. The van der Waals surface area contributed by atoms with Gasteiger partial charge < -0.3 is 14.9 Å². The summed E-state index contributed by atoms with van der Waals surface area (Å²) in [7, 11) is 0. The fourth-order valence-corrected chi connectivity index (χ4v) is 4.77. The minimum atomic E-state index is -1.07. The number of aryl methyl sites for hydroxylation is 1. The number of nitrogens with zero attached hydrogens (tertiary/aromatic N) is 4. The van der Waals surface area contributed by atoms with E-state index >= 15 is 0 Å². The SMILES string of the molecule is CCC(=O)N1CC2CN(c3cncc(C(=O)O)n3)CC2(CCc2ccccc2)C1. The van der Waals surface area contributed by atoms with Crippen LogP contribution in [0, 0.1) is 11.3 Å². The van der Waals surface area contributed by atoms with Crippen LogP contribution in [0.5, 0.6) is 0 Å². The van der Waals surface area contributed by atoms with E-state index in [1.54, 1.807) is 6.20 Å². The molecule has 152 valence electrons. The van der Waals surface area contributed by atoms with Gasteiger partial charge in [0.2, 0.25) is 5.91 Å². The molecular weight excluding hydrogens is 368 g/mol. The van der Waals surface area contributed by atoms with E-state index in [1.165, 1.54) is 11.8 Å². The molecule has 7 heteroatoms. The molecule has 2 unspecified atom stereocenters. The Morgan fingerprint density at radius 3 is 2.69 bits per heavy atom. The molecule has 1 N–H and O–H groups in total. The quantitative estimate of drug-likeness (QED) is 0.810. The highest BCUT2D eigenvalue weighted by Gasteiger charge is 2.53. The van der Waals surface area contributed by atoms with Gasteiger partial charge in [0, 0.05) is 43.9 Å². The molecule has 7 nitrogen and oxygen atoms in total. The van der Waals surface area contributed by atoms with Gasteiger partial charge in [-0.15, -0.1) is 0 Å². The largest absolute Gasteiger partial charge is 0.476 e. The Bertz CT molecular complexity index is 904. The molecule has 0 saturated carbocycles. The number of hydrogen-bond acceptors (Lipinski definition) is 5. The number of amides is 1. The van der Waals surface area contributed by atoms with E-state index in [1.807, 2.05) is 17.9 Å². The van der Waals surface area contributed by atoms with Crippen molar-refractivity contribution >= 4 is 17.7 Å². The smallest absolute Gasteiger partial charge is 0.356 e. The third-order valence-corrected chi connectivity index (χ3v) is 6.33. The van der Waals surface area contributed by atoms with Crippen LogP contribution in [0.25, 0.3) is 0 Å². The first-order chi connectivity index (χ1) is 14.0. The number of aromatic carboxylic acids is 1. The second-order valence-corrected chi connectivity index (χ2v) is 8.12. The first-order valence-corrected chi connectivity index (χ1v) is 10.1. The third kappa shape index (κ3) is 3.81. The van der Waals surface area contributed by atoms with E-state index in [9.17, 15) is 14.7 Å². The van der Waals surface area contributed by atoms with Crippen LogP contribution in [-0.4, -0.2) is 58.0 Å². The van der Waals surface area contributed by atoms with Crippen molar-refractivity contribution in [2.24, 2.45) is 11.3 Å². The molecule has 2 atom stereocenters. The van der Waals surface area contributed by atoms with Crippen molar-refractivity contribution in [1.82, 2.24) is 14.9 Å². The standard InChI is InChI=1S/C22H26N4O3/c1-2-20(27)26-13-17-12-25(19-11-23-10-18(24-19)21(28)29)14-22(17,15-26)9-8-16-6-4-3-5-7-16/h3-7,10-11,17H,2,8-9,12-15H2,1H3,(H,28,29). The van der Waals surface area contributed by atoms with Gasteiger partial charge in [-0.1, -0.05) is 37.3 Å². The van der Waals surface area contributed by atoms with Crippen molar-refractivity contribution in [2.45, 2.75) is 26.2 Å². The number of benzene rings is 1. The van der Waals surface area contributed by atoms with Crippen LogP contribution in [0.4, 0.5) is 5.82 Å². The van der Waals surface area contributed by atoms with E-state index in [0.29, 0.717) is 18.2 Å². The average molecular weight is 394 g/mol. The second-order valence-electron chi connectivity index (χ2n) is 8.12. The molecule has 2 aromatic rings. The number of aromatic nitrogens is 2. The summed E-state index contributed by atoms with van der Waals surface area (Å²) in [5, 5.41) is 9.23. The van der Waals surface area contributed by atoms with Gasteiger partial charge in [-0.05, 0) is 18.4 Å². The number of likely N-dealkylation sites (tertiary alicyclic amines) is 1. The number of fused-ring (bicyclic) bond motifs is 1. The molecule has 1 aromatic carbocycles. The molecule has 2 aliphatic rings. The van der Waals surface area contributed by atoms with Gasteiger partial charge in [0.1, 0.15) is 5.82 Å². The van der Waals surface area contributed by atoms with Gasteiger partial charge in [-0.25, -0.2) is 9.78 Å². The topological polar surface area (TPSA) is 86.6 Å². The van der Waals surface area contributed by atoms with Crippen molar-refractivity contribution in [1.29, 1.82) is 0 Å². The molecule has 0 bridgehead atoms. The molecule has 1 amide bonds. The maximum atomic E-state index is 12.4. The van der Waals surface area contributed by atoms with Crippen LogP contribution in [0.3, 0.4) is 0 Å². The summed E-state index contributed by atoms with van der Waals surface area (Å²) in [4.78, 5) is 36.1. The molecule has 2 aliphatic heterocycles. The summed E-state index contributed by atoms with van der Waals surface area (Å²) in [6, 6.07) is 10.4. The van der Waals surface area contributed by atoms with Gasteiger partial charge in [0.25, 0.3) is 0 Å². The summed E-state index contributed by atoms with van der Waals surface area (Å²) in [6.07, 6.45) is 5.37. The monoisotopic (exact) mass is 394 g/mol. The van der Waals surface area contributed by atoms with E-state index < -0.39 is 5.97 Å². The lowest BCUT2D eigenvalue weighted by Gasteiger charge is -2.30. The van der Waals surface area contributed by atoms with E-state index in [2.05, 4.69) is 39.1 Å². The number of carboxylic acids is 1. The molecule has 2 fully saturated rings. The number of carbonyl (C=O) groups excluding carboxylic acids is 1. The lowest BCUT2D eigenvalue weighted by Crippen LogP contribution is -2.37. The van der Waals surface area contributed by atoms with Crippen LogP contribution >= 0.6 is 0 Å². The molecule has 0 aliphatic carbocycles. The highest BCUT2D eigenvalue weighted by molar-refractivity contribution is 5.85. The predicted molar refractivity (Wildman–Crippen MR) is 109 cm³/mol. The summed E-state index contributed by atoms with van der Waals surface area (Å²) in [6.45, 7) is 4.94. The minimum Gasteiger partial charge on any atom is -0.476 e. The molecule has 0 spiro atoms. The Kier molecular flexibility index (Phi) is 5.22. The van der Waals surface area contributed by atoms with Crippen LogP contribution in [0.2, 0.25) is 0 Å². The number of rotatable bonds is 6. The van der Waals surface area contributed by atoms with Gasteiger partial charge in [0.15, 0.2) is 5.69 Å².